The molecule has 0 spiro atoms. The van der Waals surface area contributed by atoms with Gasteiger partial charge in [0.25, 0.3) is 0 Å². The largest absolute Gasteiger partial charge is 0.461 e. The van der Waals surface area contributed by atoms with E-state index in [4.69, 9.17) is 16.0 Å². The summed E-state index contributed by atoms with van der Waals surface area (Å²) in [4.78, 5) is 4.62. The maximum atomic E-state index is 6.04. The van der Waals surface area contributed by atoms with Gasteiger partial charge in [-0.05, 0) is 30.2 Å². The molecule has 8 heteroatoms. The molecule has 0 aliphatic heterocycles. The highest BCUT2D eigenvalue weighted by Gasteiger charge is 2.17. The molecule has 4 heterocycles. The molecule has 0 atom stereocenters. The summed E-state index contributed by atoms with van der Waals surface area (Å²) in [7, 11) is 0. The van der Waals surface area contributed by atoms with Crippen molar-refractivity contribution in [1.82, 2.24) is 24.1 Å². The molecule has 26 heavy (non-hydrogen) atoms. The van der Waals surface area contributed by atoms with Crippen molar-refractivity contribution in [2.24, 2.45) is 5.92 Å². The van der Waals surface area contributed by atoms with Gasteiger partial charge in [0.1, 0.15) is 5.65 Å². The molecule has 134 valence electrons. The lowest BCUT2D eigenvalue weighted by Gasteiger charge is -2.11. The highest BCUT2D eigenvalue weighted by molar-refractivity contribution is 7.98. The lowest BCUT2D eigenvalue weighted by molar-refractivity contribution is 0.489. The molecule has 0 aliphatic carbocycles. The van der Waals surface area contributed by atoms with Crippen LogP contribution in [0.1, 0.15) is 19.5 Å². The molecule has 4 aromatic heterocycles. The third kappa shape index (κ3) is 3.50. The summed E-state index contributed by atoms with van der Waals surface area (Å²) in [6.07, 6.45) is 5.50. The fourth-order valence-corrected chi connectivity index (χ4v) is 3.74. The molecule has 6 nitrogen and oxygen atoms in total. The second-order valence-corrected chi connectivity index (χ2v) is 7.80. The van der Waals surface area contributed by atoms with Gasteiger partial charge in [0.05, 0.1) is 17.0 Å². The first-order valence-electron chi connectivity index (χ1n) is 8.33. The number of halogens is 1. The highest BCUT2D eigenvalue weighted by Crippen LogP contribution is 2.27. The van der Waals surface area contributed by atoms with Crippen LogP contribution in [0.3, 0.4) is 0 Å². The fraction of sp³-hybridized carbons (Fsp3) is 0.278. The van der Waals surface area contributed by atoms with Gasteiger partial charge < -0.3 is 8.82 Å². The molecule has 0 N–H and O–H groups in total. The molecular weight excluding hydrogens is 370 g/mol. The summed E-state index contributed by atoms with van der Waals surface area (Å²) in [5.74, 6) is 2.66. The van der Waals surface area contributed by atoms with Crippen molar-refractivity contribution >= 4 is 29.0 Å². The summed E-state index contributed by atoms with van der Waals surface area (Å²) in [6, 6.07) is 7.52. The van der Waals surface area contributed by atoms with Crippen molar-refractivity contribution in [2.75, 3.05) is 0 Å². The van der Waals surface area contributed by atoms with Gasteiger partial charge in [-0.3, -0.25) is 4.57 Å². The van der Waals surface area contributed by atoms with Gasteiger partial charge in [-0.25, -0.2) is 4.98 Å². The Morgan fingerprint density at radius 2 is 2.08 bits per heavy atom. The third-order valence-corrected chi connectivity index (χ3v) is 5.04. The standard InChI is InChI=1S/C18H18ClN5OS/c1-12(2)8-24-17(15-4-3-7-25-15)21-22-18(24)26-11-14-10-23-9-13(19)5-6-16(23)20-14/h3-7,9-10,12H,8,11H2,1-2H3. The van der Waals surface area contributed by atoms with Gasteiger partial charge in [0.2, 0.25) is 0 Å². The molecule has 0 saturated carbocycles. The Bertz CT molecular complexity index is 1020. The number of pyridine rings is 1. The number of rotatable bonds is 6. The summed E-state index contributed by atoms with van der Waals surface area (Å²) in [5.41, 5.74) is 1.85. The van der Waals surface area contributed by atoms with Crippen molar-refractivity contribution in [3.63, 3.8) is 0 Å². The van der Waals surface area contributed by atoms with E-state index in [1.165, 1.54) is 0 Å². The molecule has 0 aromatic carbocycles. The normalized spacial score (nSPS) is 11.7. The van der Waals surface area contributed by atoms with Crippen LogP contribution in [0.2, 0.25) is 5.02 Å². The van der Waals surface area contributed by atoms with E-state index in [1.54, 1.807) is 18.0 Å². The minimum Gasteiger partial charge on any atom is -0.461 e. The highest BCUT2D eigenvalue weighted by atomic mass is 35.5. The van der Waals surface area contributed by atoms with Crippen molar-refractivity contribution in [3.8, 4) is 11.6 Å². The molecule has 0 bridgehead atoms. The van der Waals surface area contributed by atoms with Crippen LogP contribution in [0.5, 0.6) is 0 Å². The summed E-state index contributed by atoms with van der Waals surface area (Å²) < 4.78 is 9.56. The second-order valence-electron chi connectivity index (χ2n) is 6.42. The zero-order valence-electron chi connectivity index (χ0n) is 14.5. The van der Waals surface area contributed by atoms with E-state index in [0.717, 1.165) is 34.6 Å². The van der Waals surface area contributed by atoms with Crippen LogP contribution in [0.4, 0.5) is 0 Å². The smallest absolute Gasteiger partial charge is 0.200 e. The van der Waals surface area contributed by atoms with Crippen molar-refractivity contribution < 1.29 is 4.42 Å². The zero-order chi connectivity index (χ0) is 18.1. The number of fused-ring (bicyclic) bond motifs is 1. The van der Waals surface area contributed by atoms with Crippen LogP contribution in [0.25, 0.3) is 17.2 Å². The van der Waals surface area contributed by atoms with E-state index in [9.17, 15) is 0 Å². The SMILES string of the molecule is CC(C)Cn1c(SCc2cn3cc(Cl)ccc3n2)nnc1-c1ccco1. The number of imidazole rings is 1. The van der Waals surface area contributed by atoms with E-state index in [2.05, 4.69) is 33.6 Å². The van der Waals surface area contributed by atoms with Gasteiger partial charge in [0.15, 0.2) is 16.7 Å². The number of thioether (sulfide) groups is 1. The van der Waals surface area contributed by atoms with Crippen LogP contribution in [0, 0.1) is 5.92 Å². The van der Waals surface area contributed by atoms with E-state index in [0.29, 0.717) is 16.7 Å². The summed E-state index contributed by atoms with van der Waals surface area (Å²) >= 11 is 7.66. The Morgan fingerprint density at radius 1 is 1.19 bits per heavy atom. The quantitative estimate of drug-likeness (QED) is 0.445. The molecule has 0 aliphatic rings. The van der Waals surface area contributed by atoms with Crippen LogP contribution in [-0.2, 0) is 12.3 Å². The number of aromatic nitrogens is 5. The Labute approximate surface area is 160 Å². The van der Waals surface area contributed by atoms with Crippen LogP contribution < -0.4 is 0 Å². The first-order valence-corrected chi connectivity index (χ1v) is 9.69. The number of hydrogen-bond donors (Lipinski definition) is 0. The maximum absolute atomic E-state index is 6.04. The van der Waals surface area contributed by atoms with E-state index in [1.807, 2.05) is 41.1 Å². The molecule has 0 unspecified atom stereocenters. The number of nitrogens with zero attached hydrogens (tertiary/aromatic N) is 5. The van der Waals surface area contributed by atoms with Gasteiger partial charge in [-0.15, -0.1) is 10.2 Å². The lowest BCUT2D eigenvalue weighted by Crippen LogP contribution is -2.07. The van der Waals surface area contributed by atoms with Crippen molar-refractivity contribution in [2.45, 2.75) is 31.3 Å². The van der Waals surface area contributed by atoms with E-state index >= 15 is 0 Å². The Morgan fingerprint density at radius 3 is 2.85 bits per heavy atom. The monoisotopic (exact) mass is 387 g/mol. The molecule has 0 radical (unpaired) electrons. The van der Waals surface area contributed by atoms with Crippen molar-refractivity contribution in [3.05, 3.63) is 53.6 Å². The van der Waals surface area contributed by atoms with Gasteiger partial charge in [-0.1, -0.05) is 37.2 Å². The van der Waals surface area contributed by atoms with Gasteiger partial charge in [0, 0.05) is 24.7 Å². The molecular formula is C18H18ClN5OS. The molecule has 4 rings (SSSR count). The van der Waals surface area contributed by atoms with Gasteiger partial charge >= 0.3 is 0 Å². The molecule has 0 amide bonds. The average Bonchev–Trinajstić information content (AvgIpc) is 3.31. The Hall–Kier alpha value is -2.25. The maximum Gasteiger partial charge on any atom is 0.200 e. The predicted molar refractivity (Wildman–Crippen MR) is 102 cm³/mol. The first-order chi connectivity index (χ1) is 12.6. The first kappa shape index (κ1) is 17.2. The Kier molecular flexibility index (Phi) is 4.74. The molecule has 4 aromatic rings. The minimum absolute atomic E-state index is 0.469. The average molecular weight is 388 g/mol. The van der Waals surface area contributed by atoms with Crippen molar-refractivity contribution in [1.29, 1.82) is 0 Å². The number of hydrogen-bond acceptors (Lipinski definition) is 5. The van der Waals surface area contributed by atoms with Crippen LogP contribution in [0.15, 0.2) is 52.5 Å². The van der Waals surface area contributed by atoms with Gasteiger partial charge in [-0.2, -0.15) is 0 Å². The van der Waals surface area contributed by atoms with E-state index in [-0.39, 0.29) is 0 Å². The Balaban J connectivity index is 1.58. The lowest BCUT2D eigenvalue weighted by atomic mass is 10.2. The van der Waals surface area contributed by atoms with Crippen LogP contribution >= 0.6 is 23.4 Å². The summed E-state index contributed by atoms with van der Waals surface area (Å²) in [6.45, 7) is 5.17. The molecule has 0 fully saturated rings. The van der Waals surface area contributed by atoms with Crippen LogP contribution in [-0.4, -0.2) is 24.1 Å². The molecule has 0 saturated heterocycles. The predicted octanol–water partition coefficient (Wildman–Crippen LogP) is 4.79. The topological polar surface area (TPSA) is 61.2 Å². The number of furan rings is 1. The second kappa shape index (κ2) is 7.17. The fourth-order valence-electron chi connectivity index (χ4n) is 2.74. The third-order valence-electron chi connectivity index (χ3n) is 3.82. The van der Waals surface area contributed by atoms with E-state index < -0.39 is 0 Å². The minimum atomic E-state index is 0.469. The zero-order valence-corrected chi connectivity index (χ0v) is 16.0. The summed E-state index contributed by atoms with van der Waals surface area (Å²) in [5, 5.41) is 10.3.